The Labute approximate surface area is 245 Å². The molecule has 2 aromatic carbocycles. The van der Waals surface area contributed by atoms with Gasteiger partial charge in [-0.25, -0.2) is 9.37 Å². The van der Waals surface area contributed by atoms with Gasteiger partial charge in [-0.2, -0.15) is 4.98 Å². The second-order valence-corrected chi connectivity index (χ2v) is 12.1. The Bertz CT molecular complexity index is 1600. The Morgan fingerprint density at radius 3 is 2.60 bits per heavy atom. The molecule has 2 saturated heterocycles. The maximum atomic E-state index is 14.7. The first-order valence-electron chi connectivity index (χ1n) is 15.2. The zero-order valence-corrected chi connectivity index (χ0v) is 24.1. The van der Waals surface area contributed by atoms with E-state index in [4.69, 9.17) is 19.4 Å². The summed E-state index contributed by atoms with van der Waals surface area (Å²) >= 11 is 0. The molecule has 8 heteroatoms. The number of hydrogen-bond acceptors (Lipinski definition) is 6. The number of halogens is 1. The average molecular weight is 569 g/mol. The van der Waals surface area contributed by atoms with Crippen LogP contribution in [-0.2, 0) is 24.3 Å². The lowest BCUT2D eigenvalue weighted by molar-refractivity contribution is -0.0590. The molecule has 0 amide bonds. The molecule has 3 fully saturated rings. The third kappa shape index (κ3) is 5.77. The van der Waals surface area contributed by atoms with Crippen LogP contribution < -0.4 is 9.64 Å². The molecule has 0 N–H and O–H groups in total. The second kappa shape index (κ2) is 11.5. The van der Waals surface area contributed by atoms with Crippen molar-refractivity contribution in [2.24, 2.45) is 11.8 Å². The maximum Gasteiger partial charge on any atom is 0.215 e. The minimum absolute atomic E-state index is 0.0384. The Hall–Kier alpha value is -3.78. The summed E-state index contributed by atoms with van der Waals surface area (Å²) in [5.74, 6) is 2.76. The SMILES string of the molecule is Cc1ccc2nc(CC3CCN(c4cccc(OCc5ccc(C(=O)C6CC6)cc5F)n4)CC3)n(C[C@@H]3CCO3)c2c1. The predicted octanol–water partition coefficient (Wildman–Crippen LogP) is 6.30. The Morgan fingerprint density at radius 1 is 1.02 bits per heavy atom. The zero-order chi connectivity index (χ0) is 28.6. The topological polar surface area (TPSA) is 69.5 Å². The highest BCUT2D eigenvalue weighted by Crippen LogP contribution is 2.33. The first-order valence-corrected chi connectivity index (χ1v) is 15.2. The molecule has 0 spiro atoms. The lowest BCUT2D eigenvalue weighted by atomic mass is 9.93. The summed E-state index contributed by atoms with van der Waals surface area (Å²) in [6.45, 7) is 5.76. The molecule has 42 heavy (non-hydrogen) atoms. The van der Waals surface area contributed by atoms with Gasteiger partial charge in [-0.3, -0.25) is 4.79 Å². The highest BCUT2D eigenvalue weighted by atomic mass is 19.1. The van der Waals surface area contributed by atoms with Crippen LogP contribution in [0, 0.1) is 24.6 Å². The van der Waals surface area contributed by atoms with E-state index in [2.05, 4.69) is 34.6 Å². The van der Waals surface area contributed by atoms with Crippen molar-refractivity contribution in [3.63, 3.8) is 0 Å². The number of anilines is 1. The number of piperidine rings is 1. The van der Waals surface area contributed by atoms with Crippen LogP contribution in [0.25, 0.3) is 11.0 Å². The van der Waals surface area contributed by atoms with E-state index in [1.54, 1.807) is 18.2 Å². The van der Waals surface area contributed by atoms with Gasteiger partial charge in [0.2, 0.25) is 5.88 Å². The molecule has 1 aliphatic carbocycles. The normalized spacial score (nSPS) is 19.2. The van der Waals surface area contributed by atoms with Crippen LogP contribution in [0.3, 0.4) is 0 Å². The molecule has 0 unspecified atom stereocenters. The smallest absolute Gasteiger partial charge is 0.215 e. The van der Waals surface area contributed by atoms with E-state index in [1.165, 1.54) is 17.1 Å². The minimum Gasteiger partial charge on any atom is -0.473 e. The number of carbonyl (C=O) groups is 1. The fraction of sp³-hybridized carbons (Fsp3) is 0.441. The molecule has 4 aromatic rings. The number of pyridine rings is 1. The number of ether oxygens (including phenoxy) is 2. The number of imidazole rings is 1. The molecule has 0 radical (unpaired) electrons. The van der Waals surface area contributed by atoms with Gasteiger partial charge in [0.15, 0.2) is 5.78 Å². The number of carbonyl (C=O) groups excluding carboxylic acids is 1. The number of ketones is 1. The van der Waals surface area contributed by atoms with E-state index < -0.39 is 5.82 Å². The van der Waals surface area contributed by atoms with Crippen LogP contribution in [-0.4, -0.2) is 46.1 Å². The third-order valence-electron chi connectivity index (χ3n) is 8.94. The van der Waals surface area contributed by atoms with E-state index >= 15 is 0 Å². The molecular formula is C34H37FN4O3. The van der Waals surface area contributed by atoms with E-state index in [0.717, 1.165) is 81.9 Å². The molecule has 2 aromatic heterocycles. The lowest BCUT2D eigenvalue weighted by Gasteiger charge is -2.33. The van der Waals surface area contributed by atoms with Crippen LogP contribution in [0.1, 0.15) is 59.4 Å². The molecule has 4 heterocycles. The van der Waals surface area contributed by atoms with Crippen molar-refractivity contribution >= 4 is 22.6 Å². The van der Waals surface area contributed by atoms with Crippen molar-refractivity contribution in [3.8, 4) is 5.88 Å². The Balaban J connectivity index is 0.968. The first kappa shape index (κ1) is 27.1. The molecule has 3 aliphatic rings. The number of aryl methyl sites for hydroxylation is 1. The second-order valence-electron chi connectivity index (χ2n) is 12.1. The average Bonchev–Trinajstić information content (AvgIpc) is 3.78. The van der Waals surface area contributed by atoms with Crippen LogP contribution >= 0.6 is 0 Å². The van der Waals surface area contributed by atoms with E-state index in [-0.39, 0.29) is 24.4 Å². The highest BCUT2D eigenvalue weighted by Gasteiger charge is 2.31. The summed E-state index contributed by atoms with van der Waals surface area (Å²) in [5.41, 5.74) is 4.39. The van der Waals surface area contributed by atoms with E-state index in [9.17, 15) is 9.18 Å². The number of rotatable bonds is 10. The molecular weight excluding hydrogens is 531 g/mol. The summed E-state index contributed by atoms with van der Waals surface area (Å²) in [6.07, 6.45) is 6.30. The number of fused-ring (bicyclic) bond motifs is 1. The van der Waals surface area contributed by atoms with Gasteiger partial charge in [-0.05, 0) is 74.8 Å². The molecule has 7 rings (SSSR count). The van der Waals surface area contributed by atoms with Crippen LogP contribution in [0.15, 0.2) is 54.6 Å². The summed E-state index contributed by atoms with van der Waals surface area (Å²) < 4.78 is 28.7. The van der Waals surface area contributed by atoms with Crippen molar-refractivity contribution in [2.45, 2.75) is 64.7 Å². The number of aromatic nitrogens is 3. The van der Waals surface area contributed by atoms with Gasteiger partial charge in [-0.15, -0.1) is 0 Å². The first-order chi connectivity index (χ1) is 20.5. The van der Waals surface area contributed by atoms with Gasteiger partial charge in [0, 0.05) is 49.2 Å². The van der Waals surface area contributed by atoms with Gasteiger partial charge in [0.05, 0.1) is 23.7 Å². The number of benzene rings is 2. The predicted molar refractivity (Wildman–Crippen MR) is 159 cm³/mol. The van der Waals surface area contributed by atoms with E-state index in [0.29, 0.717) is 22.9 Å². The van der Waals surface area contributed by atoms with E-state index in [1.807, 2.05) is 12.1 Å². The summed E-state index contributed by atoms with van der Waals surface area (Å²) in [6, 6.07) is 16.9. The third-order valence-corrected chi connectivity index (χ3v) is 8.94. The van der Waals surface area contributed by atoms with Crippen molar-refractivity contribution in [3.05, 3.63) is 82.9 Å². The van der Waals surface area contributed by atoms with Gasteiger partial charge in [0.1, 0.15) is 24.1 Å². The highest BCUT2D eigenvalue weighted by molar-refractivity contribution is 5.99. The Morgan fingerprint density at radius 2 is 1.86 bits per heavy atom. The van der Waals surface area contributed by atoms with Gasteiger partial charge >= 0.3 is 0 Å². The van der Waals surface area contributed by atoms with Crippen molar-refractivity contribution in [1.82, 2.24) is 14.5 Å². The van der Waals surface area contributed by atoms with Crippen LogP contribution in [0.2, 0.25) is 0 Å². The van der Waals surface area contributed by atoms with Crippen molar-refractivity contribution in [2.75, 3.05) is 24.6 Å². The molecule has 7 nitrogen and oxygen atoms in total. The number of hydrogen-bond donors (Lipinski definition) is 0. The van der Waals surface area contributed by atoms with Crippen LogP contribution in [0.5, 0.6) is 5.88 Å². The molecule has 218 valence electrons. The molecule has 1 atom stereocenters. The van der Waals surface area contributed by atoms with Crippen LogP contribution in [0.4, 0.5) is 10.2 Å². The van der Waals surface area contributed by atoms with Crippen molar-refractivity contribution in [1.29, 1.82) is 0 Å². The van der Waals surface area contributed by atoms with Crippen molar-refractivity contribution < 1.29 is 18.7 Å². The Kier molecular flexibility index (Phi) is 7.40. The molecule has 1 saturated carbocycles. The monoisotopic (exact) mass is 568 g/mol. The van der Waals surface area contributed by atoms with Gasteiger partial charge < -0.3 is 18.9 Å². The fourth-order valence-electron chi connectivity index (χ4n) is 6.11. The molecule has 2 aliphatic heterocycles. The lowest BCUT2D eigenvalue weighted by Crippen LogP contribution is -2.35. The van der Waals surface area contributed by atoms with Gasteiger partial charge in [0.25, 0.3) is 0 Å². The summed E-state index contributed by atoms with van der Waals surface area (Å²) in [7, 11) is 0. The minimum atomic E-state index is -0.413. The zero-order valence-electron chi connectivity index (χ0n) is 24.1. The number of nitrogens with zero attached hydrogens (tertiary/aromatic N) is 4. The van der Waals surface area contributed by atoms with Gasteiger partial charge in [-0.1, -0.05) is 24.3 Å². The summed E-state index contributed by atoms with van der Waals surface area (Å²) in [5, 5.41) is 0. The largest absolute Gasteiger partial charge is 0.473 e. The fourth-order valence-corrected chi connectivity index (χ4v) is 6.11. The quantitative estimate of drug-likeness (QED) is 0.209. The molecule has 0 bridgehead atoms. The maximum absolute atomic E-state index is 14.7. The standard InChI is InChI=1S/C34H37FN4O3/c1-22-5-10-29-30(17-22)39(20-27-13-16-41-27)32(36-29)18-23-11-14-38(15-12-23)31-3-2-4-33(37-31)42-21-26-9-8-25(19-28(26)35)34(40)24-6-7-24/h2-5,8-10,17,19,23-24,27H,6-7,11-16,18,20-21H2,1H3/t27-/m0/s1. The summed E-state index contributed by atoms with van der Waals surface area (Å²) in [4.78, 5) is 24.3. The number of Topliss-reactive ketones (excluding diaryl/α,β-unsaturated/α-hetero) is 1.